The lowest BCUT2D eigenvalue weighted by Gasteiger charge is -2.30. The number of nitrogens with two attached hydrogens (primary N) is 1. The highest BCUT2D eigenvalue weighted by Gasteiger charge is 2.26. The molecule has 0 radical (unpaired) electrons. The van der Waals surface area contributed by atoms with Crippen LogP contribution in [0.25, 0.3) is 0 Å². The van der Waals surface area contributed by atoms with Crippen molar-refractivity contribution < 1.29 is 19.5 Å². The smallest absolute Gasteiger partial charge is 0.338 e. The van der Waals surface area contributed by atoms with Gasteiger partial charge in [-0.15, -0.1) is 11.3 Å². The first-order valence-corrected chi connectivity index (χ1v) is 7.03. The fraction of sp³-hybridized carbons (Fsp3) is 0.417. The van der Waals surface area contributed by atoms with E-state index in [1.807, 2.05) is 0 Å². The van der Waals surface area contributed by atoms with Crippen molar-refractivity contribution in [2.75, 3.05) is 18.4 Å². The monoisotopic (exact) mass is 297 g/mol. The van der Waals surface area contributed by atoms with Gasteiger partial charge in [0, 0.05) is 19.0 Å². The maximum absolute atomic E-state index is 12.0. The molecule has 108 valence electrons. The third-order valence-electron chi connectivity index (χ3n) is 3.30. The largest absolute Gasteiger partial charge is 0.478 e. The van der Waals surface area contributed by atoms with E-state index >= 15 is 0 Å². The number of rotatable bonds is 3. The topological polar surface area (TPSA) is 113 Å². The molecule has 0 saturated carbocycles. The second-order valence-electron chi connectivity index (χ2n) is 4.56. The zero-order valence-electron chi connectivity index (χ0n) is 10.7. The van der Waals surface area contributed by atoms with E-state index in [4.69, 9.17) is 10.8 Å². The van der Waals surface area contributed by atoms with Crippen LogP contribution >= 0.6 is 11.3 Å². The molecule has 0 unspecified atom stereocenters. The fourth-order valence-corrected chi connectivity index (χ4v) is 2.89. The van der Waals surface area contributed by atoms with E-state index in [9.17, 15) is 14.4 Å². The highest BCUT2D eigenvalue weighted by Crippen LogP contribution is 2.24. The molecule has 1 aromatic rings. The summed E-state index contributed by atoms with van der Waals surface area (Å²) in [7, 11) is 0. The van der Waals surface area contributed by atoms with Crippen molar-refractivity contribution in [1.82, 2.24) is 4.90 Å². The molecule has 1 saturated heterocycles. The molecule has 0 spiro atoms. The van der Waals surface area contributed by atoms with Crippen LogP contribution in [-0.2, 0) is 4.79 Å². The SMILES string of the molecule is NC(=O)C1CCN(C(=O)Nc2sccc2C(=O)O)CC1. The first kappa shape index (κ1) is 14.3. The van der Waals surface area contributed by atoms with E-state index in [1.165, 1.54) is 6.07 Å². The molecule has 0 aliphatic carbocycles. The van der Waals surface area contributed by atoms with Crippen LogP contribution in [0.2, 0.25) is 0 Å². The summed E-state index contributed by atoms with van der Waals surface area (Å²) in [5.74, 6) is -1.60. The number of carboxylic acid groups (broad SMARTS) is 1. The third-order valence-corrected chi connectivity index (χ3v) is 4.13. The number of hydrogen-bond acceptors (Lipinski definition) is 4. The van der Waals surface area contributed by atoms with Crippen LogP contribution in [0.15, 0.2) is 11.4 Å². The van der Waals surface area contributed by atoms with Crippen LogP contribution in [0.4, 0.5) is 9.80 Å². The minimum atomic E-state index is -1.08. The number of piperidine rings is 1. The van der Waals surface area contributed by atoms with Crippen LogP contribution in [-0.4, -0.2) is 41.0 Å². The number of carboxylic acids is 1. The summed E-state index contributed by atoms with van der Waals surface area (Å²) in [6, 6.07) is 1.10. The van der Waals surface area contributed by atoms with Crippen molar-refractivity contribution in [3.05, 3.63) is 17.0 Å². The molecular weight excluding hydrogens is 282 g/mol. The molecule has 1 aromatic heterocycles. The lowest BCUT2D eigenvalue weighted by Crippen LogP contribution is -2.43. The zero-order chi connectivity index (χ0) is 14.7. The van der Waals surface area contributed by atoms with Crippen molar-refractivity contribution >= 4 is 34.2 Å². The molecule has 0 atom stereocenters. The highest BCUT2D eigenvalue weighted by molar-refractivity contribution is 7.14. The van der Waals surface area contributed by atoms with Gasteiger partial charge in [-0.25, -0.2) is 9.59 Å². The van der Waals surface area contributed by atoms with Crippen LogP contribution in [0.3, 0.4) is 0 Å². The summed E-state index contributed by atoms with van der Waals surface area (Å²) in [6.07, 6.45) is 1.08. The van der Waals surface area contributed by atoms with Gasteiger partial charge >= 0.3 is 12.0 Å². The normalized spacial score (nSPS) is 15.9. The van der Waals surface area contributed by atoms with Crippen molar-refractivity contribution in [1.29, 1.82) is 0 Å². The maximum atomic E-state index is 12.0. The average Bonchev–Trinajstić information content (AvgIpc) is 2.87. The van der Waals surface area contributed by atoms with Gasteiger partial charge in [0.15, 0.2) is 0 Å². The predicted molar refractivity (Wildman–Crippen MR) is 73.8 cm³/mol. The number of thiophene rings is 1. The highest BCUT2D eigenvalue weighted by atomic mass is 32.1. The second-order valence-corrected chi connectivity index (χ2v) is 5.48. The molecule has 0 bridgehead atoms. The second kappa shape index (κ2) is 5.91. The molecule has 1 fully saturated rings. The number of primary amides is 1. The maximum Gasteiger partial charge on any atom is 0.338 e. The van der Waals surface area contributed by atoms with Crippen molar-refractivity contribution in [2.45, 2.75) is 12.8 Å². The van der Waals surface area contributed by atoms with Gasteiger partial charge in [0.1, 0.15) is 5.00 Å². The van der Waals surface area contributed by atoms with Gasteiger partial charge in [0.2, 0.25) is 5.91 Å². The van der Waals surface area contributed by atoms with Gasteiger partial charge < -0.3 is 15.7 Å². The van der Waals surface area contributed by atoms with Crippen molar-refractivity contribution in [3.8, 4) is 0 Å². The number of hydrogen-bond donors (Lipinski definition) is 3. The van der Waals surface area contributed by atoms with E-state index in [0.717, 1.165) is 11.3 Å². The molecular formula is C12H15N3O4S. The molecule has 1 aliphatic heterocycles. The third kappa shape index (κ3) is 3.08. The molecule has 2 heterocycles. The Morgan fingerprint density at radius 2 is 2.00 bits per heavy atom. The number of likely N-dealkylation sites (tertiary alicyclic amines) is 1. The minimum Gasteiger partial charge on any atom is -0.478 e. The molecule has 0 aromatic carbocycles. The average molecular weight is 297 g/mol. The number of carbonyl (C=O) groups excluding carboxylic acids is 2. The number of carbonyl (C=O) groups is 3. The Morgan fingerprint density at radius 1 is 1.35 bits per heavy atom. The lowest BCUT2D eigenvalue weighted by atomic mass is 9.96. The van der Waals surface area contributed by atoms with Gasteiger partial charge in [-0.3, -0.25) is 10.1 Å². The first-order valence-electron chi connectivity index (χ1n) is 6.15. The van der Waals surface area contributed by atoms with Gasteiger partial charge in [-0.1, -0.05) is 0 Å². The number of aromatic carboxylic acids is 1. The Morgan fingerprint density at radius 3 is 2.55 bits per heavy atom. The van der Waals surface area contributed by atoms with Crippen LogP contribution in [0.5, 0.6) is 0 Å². The van der Waals surface area contributed by atoms with Gasteiger partial charge in [-0.2, -0.15) is 0 Å². The summed E-state index contributed by atoms with van der Waals surface area (Å²) >= 11 is 1.16. The Bertz CT molecular complexity index is 535. The fourth-order valence-electron chi connectivity index (χ4n) is 2.12. The van der Waals surface area contributed by atoms with Crippen LogP contribution in [0, 0.1) is 5.92 Å². The summed E-state index contributed by atoms with van der Waals surface area (Å²) in [6.45, 7) is 0.875. The molecule has 2 rings (SSSR count). The van der Waals surface area contributed by atoms with Crippen molar-refractivity contribution in [3.63, 3.8) is 0 Å². The summed E-state index contributed by atoms with van der Waals surface area (Å²) < 4.78 is 0. The number of amides is 3. The van der Waals surface area contributed by atoms with Gasteiger partial charge in [-0.05, 0) is 24.3 Å². The summed E-state index contributed by atoms with van der Waals surface area (Å²) in [5.41, 5.74) is 5.31. The Labute approximate surface area is 119 Å². The minimum absolute atomic E-state index is 0.0790. The molecule has 7 nitrogen and oxygen atoms in total. The Kier molecular flexibility index (Phi) is 4.23. The number of anilines is 1. The van der Waals surface area contributed by atoms with Gasteiger partial charge in [0.05, 0.1) is 5.56 Å². The summed E-state index contributed by atoms with van der Waals surface area (Å²) in [5, 5.41) is 13.5. The number of nitrogens with one attached hydrogen (secondary N) is 1. The predicted octanol–water partition coefficient (Wildman–Crippen LogP) is 1.18. The Hall–Kier alpha value is -2.09. The van der Waals surface area contributed by atoms with E-state index in [0.29, 0.717) is 30.9 Å². The van der Waals surface area contributed by atoms with E-state index in [1.54, 1.807) is 10.3 Å². The number of urea groups is 1. The quantitative estimate of drug-likeness (QED) is 0.777. The van der Waals surface area contributed by atoms with Crippen molar-refractivity contribution in [2.24, 2.45) is 11.7 Å². The number of nitrogens with zero attached hydrogens (tertiary/aromatic N) is 1. The molecule has 4 N–H and O–H groups in total. The van der Waals surface area contributed by atoms with E-state index in [-0.39, 0.29) is 23.4 Å². The molecule has 8 heteroatoms. The molecule has 20 heavy (non-hydrogen) atoms. The lowest BCUT2D eigenvalue weighted by molar-refractivity contribution is -0.122. The molecule has 3 amide bonds. The van der Waals surface area contributed by atoms with Crippen LogP contribution in [0.1, 0.15) is 23.2 Å². The molecule has 1 aliphatic rings. The summed E-state index contributed by atoms with van der Waals surface area (Å²) in [4.78, 5) is 35.6. The van der Waals surface area contributed by atoms with E-state index in [2.05, 4.69) is 5.32 Å². The zero-order valence-corrected chi connectivity index (χ0v) is 11.5. The standard InChI is InChI=1S/C12H15N3O4S/c13-9(16)7-1-4-15(5-2-7)12(19)14-10-8(11(17)18)3-6-20-10/h3,6-7H,1-2,4-5H2,(H2,13,16)(H,14,19)(H,17,18). The van der Waals surface area contributed by atoms with E-state index < -0.39 is 5.97 Å². The van der Waals surface area contributed by atoms with Gasteiger partial charge in [0.25, 0.3) is 0 Å². The first-order chi connectivity index (χ1) is 9.49. The Balaban J connectivity index is 1.94. The van der Waals surface area contributed by atoms with Crippen LogP contribution < -0.4 is 11.1 Å².